The van der Waals surface area contributed by atoms with Gasteiger partial charge in [-0.05, 0) is 54.3 Å². The predicted octanol–water partition coefficient (Wildman–Crippen LogP) is 2.65. The molecule has 1 amide bonds. The van der Waals surface area contributed by atoms with Crippen LogP contribution in [0.15, 0.2) is 71.3 Å². The van der Waals surface area contributed by atoms with Gasteiger partial charge in [0.25, 0.3) is 0 Å². The van der Waals surface area contributed by atoms with E-state index in [2.05, 4.69) is 17.2 Å². The van der Waals surface area contributed by atoms with Crippen LogP contribution in [0.25, 0.3) is 6.08 Å². The fraction of sp³-hybridized carbons (Fsp3) is 0.320. The topological polar surface area (TPSA) is 111 Å². The number of carbonyl (C=O) groups is 1. The van der Waals surface area contributed by atoms with Gasteiger partial charge in [0.1, 0.15) is 4.75 Å². The molecule has 2 aliphatic rings. The zero-order chi connectivity index (χ0) is 23.5. The van der Waals surface area contributed by atoms with E-state index in [4.69, 9.17) is 10.5 Å². The van der Waals surface area contributed by atoms with Gasteiger partial charge in [-0.25, -0.2) is 8.42 Å². The highest BCUT2D eigenvalue weighted by Crippen LogP contribution is 2.38. The second kappa shape index (κ2) is 9.41. The highest BCUT2D eigenvalue weighted by molar-refractivity contribution is 7.93. The molecule has 0 atom stereocenters. The molecule has 0 spiro atoms. The summed E-state index contributed by atoms with van der Waals surface area (Å²) in [5.74, 6) is -0.0711. The van der Waals surface area contributed by atoms with Crippen molar-refractivity contribution in [3.05, 3.63) is 77.5 Å². The third-order valence-electron chi connectivity index (χ3n) is 6.36. The first kappa shape index (κ1) is 23.1. The Kier molecular flexibility index (Phi) is 6.58. The number of carbonyl (C=O) groups excluding carboxylic acids is 1. The molecule has 8 heteroatoms. The number of nitrogens with one attached hydrogen (secondary N) is 2. The Bertz CT molecular complexity index is 1180. The van der Waals surface area contributed by atoms with Gasteiger partial charge in [0.05, 0.1) is 4.90 Å². The third kappa shape index (κ3) is 4.54. The van der Waals surface area contributed by atoms with E-state index < -0.39 is 14.6 Å². The Morgan fingerprint density at radius 3 is 2.42 bits per heavy atom. The molecule has 0 saturated carbocycles. The number of benzene rings is 2. The van der Waals surface area contributed by atoms with Crippen molar-refractivity contribution in [3.63, 3.8) is 0 Å². The molecule has 4 rings (SSSR count). The maximum Gasteiger partial charge on any atom is 0.247 e. The van der Waals surface area contributed by atoms with Crippen molar-refractivity contribution < 1.29 is 17.9 Å². The molecule has 0 bridgehead atoms. The fourth-order valence-corrected chi connectivity index (χ4v) is 6.36. The summed E-state index contributed by atoms with van der Waals surface area (Å²) in [5.41, 5.74) is 9.89. The Morgan fingerprint density at radius 2 is 1.76 bits per heavy atom. The molecule has 174 valence electrons. The lowest BCUT2D eigenvalue weighted by molar-refractivity contribution is -0.117. The van der Waals surface area contributed by atoms with Gasteiger partial charge >= 0.3 is 0 Å². The van der Waals surface area contributed by atoms with Gasteiger partial charge in [-0.3, -0.25) is 4.79 Å². The molecule has 7 nitrogen and oxygen atoms in total. The van der Waals surface area contributed by atoms with Gasteiger partial charge in [0, 0.05) is 49.7 Å². The normalized spacial score (nSPS) is 17.0. The minimum atomic E-state index is -3.70. The molecule has 2 aromatic rings. The standard InChI is InChI=1S/C25H29N3O4S/c1-18(26)25(10-14-32-15-11-25)33(30,31)23-8-6-22(7-9-23)27-12-13-28-24(29)21-16-19-4-2-3-5-20(19)17-21/h2-9,16,27H,1,10-15,17,26H2,(H,28,29). The summed E-state index contributed by atoms with van der Waals surface area (Å²) in [6, 6.07) is 14.6. The Balaban J connectivity index is 1.31. The molecule has 33 heavy (non-hydrogen) atoms. The van der Waals surface area contributed by atoms with Crippen LogP contribution in [0.2, 0.25) is 0 Å². The molecule has 1 saturated heterocycles. The van der Waals surface area contributed by atoms with Crippen LogP contribution in [0.1, 0.15) is 24.0 Å². The van der Waals surface area contributed by atoms with Crippen molar-refractivity contribution in [3.8, 4) is 0 Å². The number of sulfone groups is 1. The van der Waals surface area contributed by atoms with Crippen molar-refractivity contribution in [1.29, 1.82) is 0 Å². The van der Waals surface area contributed by atoms with E-state index in [0.29, 0.717) is 45.6 Å². The van der Waals surface area contributed by atoms with E-state index >= 15 is 0 Å². The third-order valence-corrected chi connectivity index (χ3v) is 8.95. The monoisotopic (exact) mass is 467 g/mol. The van der Waals surface area contributed by atoms with Crippen LogP contribution in [0.5, 0.6) is 0 Å². The fourth-order valence-electron chi connectivity index (χ4n) is 4.36. The van der Waals surface area contributed by atoms with Crippen molar-refractivity contribution in [2.45, 2.75) is 28.9 Å². The number of nitrogens with two attached hydrogens (primary N) is 1. The highest BCUT2D eigenvalue weighted by atomic mass is 32.2. The summed E-state index contributed by atoms with van der Waals surface area (Å²) >= 11 is 0. The first-order valence-corrected chi connectivity index (χ1v) is 12.5. The molecule has 1 fully saturated rings. The average Bonchev–Trinajstić information content (AvgIpc) is 3.27. The number of ether oxygens (including phenoxy) is 1. The number of rotatable bonds is 8. The molecule has 0 unspecified atom stereocenters. The number of hydrogen-bond acceptors (Lipinski definition) is 6. The van der Waals surface area contributed by atoms with E-state index in [-0.39, 0.29) is 16.5 Å². The first-order valence-electron chi connectivity index (χ1n) is 11.0. The minimum Gasteiger partial charge on any atom is -0.401 e. The lowest BCUT2D eigenvalue weighted by Gasteiger charge is -2.36. The summed E-state index contributed by atoms with van der Waals surface area (Å²) in [7, 11) is -3.70. The molecule has 1 heterocycles. The van der Waals surface area contributed by atoms with E-state index in [1.54, 1.807) is 24.3 Å². The molecule has 0 radical (unpaired) electrons. The highest BCUT2D eigenvalue weighted by Gasteiger charge is 2.47. The van der Waals surface area contributed by atoms with Crippen LogP contribution < -0.4 is 16.4 Å². The van der Waals surface area contributed by atoms with Crippen LogP contribution in [0, 0.1) is 0 Å². The van der Waals surface area contributed by atoms with Crippen molar-refractivity contribution in [1.82, 2.24) is 5.32 Å². The zero-order valence-electron chi connectivity index (χ0n) is 18.5. The summed E-state index contributed by atoms with van der Waals surface area (Å²) in [6.07, 6.45) is 3.17. The van der Waals surface area contributed by atoms with Gasteiger partial charge in [-0.2, -0.15) is 0 Å². The first-order chi connectivity index (χ1) is 15.8. The van der Waals surface area contributed by atoms with Crippen LogP contribution in [-0.4, -0.2) is 45.4 Å². The smallest absolute Gasteiger partial charge is 0.247 e. The molecular formula is C25H29N3O4S. The van der Waals surface area contributed by atoms with E-state index in [0.717, 1.165) is 22.4 Å². The van der Waals surface area contributed by atoms with E-state index in [1.165, 1.54) is 0 Å². The summed E-state index contributed by atoms with van der Waals surface area (Å²) in [4.78, 5) is 12.6. The second-order valence-electron chi connectivity index (χ2n) is 8.39. The van der Waals surface area contributed by atoms with Crippen molar-refractivity contribution >= 4 is 27.5 Å². The van der Waals surface area contributed by atoms with Crippen LogP contribution in [-0.2, 0) is 25.8 Å². The van der Waals surface area contributed by atoms with Gasteiger partial charge in [-0.1, -0.05) is 30.8 Å². The van der Waals surface area contributed by atoms with Crippen LogP contribution >= 0.6 is 0 Å². The van der Waals surface area contributed by atoms with Crippen molar-refractivity contribution in [2.24, 2.45) is 5.73 Å². The zero-order valence-corrected chi connectivity index (χ0v) is 19.3. The van der Waals surface area contributed by atoms with Gasteiger partial charge in [0.2, 0.25) is 5.91 Å². The maximum absolute atomic E-state index is 13.3. The largest absolute Gasteiger partial charge is 0.401 e. The Labute approximate surface area is 194 Å². The molecular weight excluding hydrogens is 438 g/mol. The number of amides is 1. The van der Waals surface area contributed by atoms with Crippen LogP contribution in [0.3, 0.4) is 0 Å². The van der Waals surface area contributed by atoms with Gasteiger partial charge < -0.3 is 21.1 Å². The Morgan fingerprint density at radius 1 is 1.06 bits per heavy atom. The Hall–Kier alpha value is -3.10. The van der Waals surface area contributed by atoms with E-state index in [1.807, 2.05) is 30.3 Å². The van der Waals surface area contributed by atoms with Gasteiger partial charge in [-0.15, -0.1) is 0 Å². The van der Waals surface area contributed by atoms with Gasteiger partial charge in [0.15, 0.2) is 9.84 Å². The number of anilines is 1. The molecule has 2 aromatic carbocycles. The van der Waals surface area contributed by atoms with Crippen molar-refractivity contribution in [2.75, 3.05) is 31.6 Å². The molecule has 1 aliphatic carbocycles. The number of fused-ring (bicyclic) bond motifs is 1. The summed E-state index contributed by atoms with van der Waals surface area (Å²) in [6.45, 7) is 5.39. The maximum atomic E-state index is 13.3. The molecule has 4 N–H and O–H groups in total. The minimum absolute atomic E-state index is 0.0711. The molecule has 0 aromatic heterocycles. The summed E-state index contributed by atoms with van der Waals surface area (Å²) in [5, 5.41) is 6.13. The quantitative estimate of drug-likeness (QED) is 0.515. The van der Waals surface area contributed by atoms with Crippen LogP contribution in [0.4, 0.5) is 5.69 Å². The molecule has 1 aliphatic heterocycles. The lowest BCUT2D eigenvalue weighted by Crippen LogP contribution is -2.47. The lowest BCUT2D eigenvalue weighted by atomic mass is 9.96. The predicted molar refractivity (Wildman–Crippen MR) is 129 cm³/mol. The average molecular weight is 468 g/mol. The second-order valence-corrected chi connectivity index (χ2v) is 10.6. The summed E-state index contributed by atoms with van der Waals surface area (Å²) < 4.78 is 30.8. The van der Waals surface area contributed by atoms with E-state index in [9.17, 15) is 13.2 Å². The number of hydrogen-bond donors (Lipinski definition) is 3. The SMILES string of the molecule is C=C(N)C1(S(=O)(=O)c2ccc(NCCNC(=O)C3=Cc4ccccc4C3)cc2)CCOCC1.